The largest absolute Gasteiger partial charge is 1.00 e. The van der Waals surface area contributed by atoms with Crippen LogP contribution in [0.1, 0.15) is 31.1 Å². The number of carbonyl (C=O) groups excluding carboxylic acids is 4. The Labute approximate surface area is 787 Å². The van der Waals surface area contributed by atoms with Gasteiger partial charge in [-0.05, 0) is 11.1 Å². The Bertz CT molecular complexity index is 2970. The minimum atomic E-state index is -1.69. The third-order valence-corrected chi connectivity index (χ3v) is 19.8. The molecule has 0 saturated carbocycles. The number of nitrogens with one attached hydrogen (secondary N) is 4. The van der Waals surface area contributed by atoms with Crippen LogP contribution in [-0.2, 0) is 124 Å². The first-order valence-corrected chi connectivity index (χ1v) is 41.7. The Morgan fingerprint density at radius 3 is 1.06 bits per heavy atom. The molecular weight excluding hydrogens is 1760 g/mol. The molecule has 0 spiro atoms. The summed E-state index contributed by atoms with van der Waals surface area (Å²) in [7, 11) is 3.63. The maximum Gasteiger partial charge on any atom is 1.00 e. The van der Waals surface area contributed by atoms with Gasteiger partial charge >= 0.3 is 71.1 Å². The molecule has 0 bridgehead atoms. The zero-order valence-electron chi connectivity index (χ0n) is 72.9. The van der Waals surface area contributed by atoms with E-state index in [0.29, 0.717) is 123 Å². The molecule has 54 heteroatoms. The van der Waals surface area contributed by atoms with Crippen LogP contribution in [0.15, 0.2) is 10.2 Å². The molecule has 30 atom stereocenters. The molecule has 7 aliphatic heterocycles. The van der Waals surface area contributed by atoms with Crippen LogP contribution in [0.2, 0.25) is 0 Å². The first kappa shape index (κ1) is 123. The zero-order valence-corrected chi connectivity index (χ0v) is 77.5. The Morgan fingerprint density at radius 2 is 0.768 bits per heavy atom. The average Bonchev–Trinajstić information content (AvgIpc) is 0.967. The van der Waals surface area contributed by atoms with Gasteiger partial charge in [0.15, 0.2) is 56.1 Å². The van der Waals surface area contributed by atoms with Crippen molar-refractivity contribution in [2.75, 3.05) is 202 Å². The SMILES string of the molecule is C.C1CS1.COC1OC(C(=O)NCCOCCOCCOCCN=[N+]=[N-])C(OC2OC(COCCS)C(O)C(C)C2NCC=O)C(O)C1O.COC1OC(C(=O)O)C(OC2OC(CO)C(O)C(C)C2NCC=O)C(O)C1O.COC1OC(C(=O)O)C(OC2OC(COCCS)C(O)C(C)C2NCC=O)C(O)C1O.[H-].[H-].[N-]=[N+]=NCCOCCOCCOCCN.[Na+].[Na+]. The number of hydrogen-bond donors (Lipinski definition) is 19. The Kier molecular flexibility index (Phi) is 70.9. The predicted molar refractivity (Wildman–Crippen MR) is 436 cm³/mol. The number of aliphatic carboxylic acids is 2. The molecule has 7 heterocycles. The summed E-state index contributed by atoms with van der Waals surface area (Å²) in [5.41, 5.74) is 21.4. The summed E-state index contributed by atoms with van der Waals surface area (Å²) in [6.07, 6.45) is -30.6. The van der Waals surface area contributed by atoms with E-state index in [0.717, 1.165) is 0 Å². The molecule has 0 aromatic heterocycles. The fraction of sp³-hybridized carbons (Fsp3) is 0.915. The molecule has 0 aromatic rings. The molecule has 0 aromatic carbocycles. The van der Waals surface area contributed by atoms with Gasteiger partial charge in [-0.2, -0.15) is 37.0 Å². The van der Waals surface area contributed by atoms with Gasteiger partial charge in [0.05, 0.1) is 168 Å². The fourth-order valence-corrected chi connectivity index (χ4v) is 12.8. The first-order chi connectivity index (χ1) is 58.7. The van der Waals surface area contributed by atoms with Crippen molar-refractivity contribution in [3.05, 3.63) is 20.9 Å². The number of carboxylic acids is 2. The number of nitrogens with zero attached hydrogens (tertiary/aromatic N) is 6. The molecule has 1 amide bonds. The molecule has 720 valence electrons. The van der Waals surface area contributed by atoms with Crippen molar-refractivity contribution in [3.63, 3.8) is 0 Å². The number of hydrogen-bond acceptors (Lipinski definition) is 45. The molecule has 18 N–H and O–H groups in total. The third-order valence-electron chi connectivity index (χ3n) is 19.0. The van der Waals surface area contributed by atoms with E-state index in [9.17, 15) is 90.0 Å². The molecular formula is C71H133N11Na2O38S3. The van der Waals surface area contributed by atoms with E-state index in [-0.39, 0.29) is 129 Å². The number of nitrogens with two attached hydrogens (primary N) is 1. The number of ether oxygens (including phenoxy) is 20. The van der Waals surface area contributed by atoms with Gasteiger partial charge in [-0.25, -0.2) is 9.59 Å². The number of aliphatic hydroxyl groups excluding tert-OH is 10. The van der Waals surface area contributed by atoms with Gasteiger partial charge in [0, 0.05) is 98.1 Å². The van der Waals surface area contributed by atoms with Crippen LogP contribution in [-0.4, -0.2) is 466 Å². The van der Waals surface area contributed by atoms with Gasteiger partial charge < -0.3 is 200 Å². The van der Waals surface area contributed by atoms with E-state index >= 15 is 0 Å². The predicted octanol–water partition coefficient (Wildman–Crippen LogP) is -12.5. The van der Waals surface area contributed by atoms with E-state index in [2.05, 4.69) is 66.6 Å². The van der Waals surface area contributed by atoms with Crippen molar-refractivity contribution >= 4 is 73.7 Å². The second kappa shape index (κ2) is 72.2. The van der Waals surface area contributed by atoms with E-state index in [1.807, 2.05) is 11.8 Å². The van der Waals surface area contributed by atoms with Crippen LogP contribution in [0.25, 0.3) is 20.9 Å². The van der Waals surface area contributed by atoms with Gasteiger partial charge in [0.1, 0.15) is 92.1 Å². The maximum atomic E-state index is 13.2. The van der Waals surface area contributed by atoms with Crippen molar-refractivity contribution in [3.8, 4) is 0 Å². The van der Waals surface area contributed by atoms with Crippen molar-refractivity contribution in [2.45, 2.75) is 194 Å². The minimum absolute atomic E-state index is 0. The number of carboxylic acid groups (broad SMARTS) is 2. The van der Waals surface area contributed by atoms with Gasteiger partial charge in [0.2, 0.25) is 0 Å². The number of thiol groups is 2. The molecule has 125 heavy (non-hydrogen) atoms. The Balaban J connectivity index is -0.00000166. The molecule has 0 radical (unpaired) electrons. The van der Waals surface area contributed by atoms with E-state index in [1.165, 1.54) is 32.8 Å². The number of rotatable bonds is 53. The van der Waals surface area contributed by atoms with Gasteiger partial charge in [-0.3, -0.25) is 4.79 Å². The first-order valence-electron chi connectivity index (χ1n) is 39.3. The fourth-order valence-electron chi connectivity index (χ4n) is 12.6. The van der Waals surface area contributed by atoms with Crippen molar-refractivity contribution in [1.82, 2.24) is 21.3 Å². The zero-order chi connectivity index (χ0) is 90.5. The molecule has 49 nitrogen and oxygen atoms in total. The van der Waals surface area contributed by atoms with Crippen LogP contribution >= 0.6 is 37.0 Å². The topological polar surface area (TPSA) is 701 Å². The van der Waals surface area contributed by atoms with Crippen LogP contribution < -0.4 is 86.1 Å². The summed E-state index contributed by atoms with van der Waals surface area (Å²) in [5.74, 6) is -1.36. The van der Waals surface area contributed by atoms with Crippen molar-refractivity contribution in [2.24, 2.45) is 33.7 Å². The molecule has 0 aliphatic carbocycles. The summed E-state index contributed by atoms with van der Waals surface area (Å²) in [5, 5.41) is 141. The number of aldehydes is 3. The summed E-state index contributed by atoms with van der Waals surface area (Å²) in [6, 6.07) is -2.25. The normalized spacial score (nSPS) is 33.3. The summed E-state index contributed by atoms with van der Waals surface area (Å²) < 4.78 is 108. The molecule has 30 unspecified atom stereocenters. The molecule has 7 rings (SSSR count). The summed E-state index contributed by atoms with van der Waals surface area (Å²) >= 11 is 10.2. The van der Waals surface area contributed by atoms with Gasteiger partial charge in [-0.1, -0.05) is 38.4 Å². The second-order valence-electron chi connectivity index (χ2n) is 27.4. The number of thioether (sulfide) groups is 1. The number of azide groups is 2. The van der Waals surface area contributed by atoms with Gasteiger partial charge in [-0.15, -0.1) is 0 Å². The summed E-state index contributed by atoms with van der Waals surface area (Å²) in [6.45, 7) is 11.0. The third kappa shape index (κ3) is 43.7. The van der Waals surface area contributed by atoms with Crippen LogP contribution in [0.3, 0.4) is 0 Å². The smallest absolute Gasteiger partial charge is 1.00 e. The number of aliphatic hydroxyl groups is 10. The van der Waals surface area contributed by atoms with E-state index in [1.54, 1.807) is 20.8 Å². The maximum absolute atomic E-state index is 13.2. The average molecular weight is 1890 g/mol. The summed E-state index contributed by atoms with van der Waals surface area (Å²) in [4.78, 5) is 74.4. The van der Waals surface area contributed by atoms with Crippen molar-refractivity contribution in [1.29, 1.82) is 0 Å². The molecule has 7 saturated heterocycles. The Hall–Kier alpha value is -2.27. The molecule has 7 fully saturated rings. The van der Waals surface area contributed by atoms with Gasteiger partial charge in [0.25, 0.3) is 5.91 Å². The number of amides is 1. The van der Waals surface area contributed by atoms with Crippen molar-refractivity contribution < 1.29 is 247 Å². The minimum Gasteiger partial charge on any atom is -1.00 e. The molecule has 7 aliphatic rings. The van der Waals surface area contributed by atoms with Crippen LogP contribution in [0.5, 0.6) is 0 Å². The van der Waals surface area contributed by atoms with Crippen LogP contribution in [0, 0.1) is 17.8 Å². The monoisotopic (exact) mass is 1890 g/mol. The second-order valence-corrected chi connectivity index (χ2v) is 29.6. The quantitative estimate of drug-likeness (QED) is 0.00393. The number of carbonyl (C=O) groups is 6. The van der Waals surface area contributed by atoms with Crippen LogP contribution in [0.4, 0.5) is 0 Å². The number of methoxy groups -OCH3 is 3. The van der Waals surface area contributed by atoms with E-state index in [4.69, 9.17) is 112 Å². The van der Waals surface area contributed by atoms with E-state index < -0.39 is 208 Å². The standard InChI is InChI=1S/C26H47N5O13S.C18H31NO11S.C16H27NO11.C8H18N4O3.C2H4S.CH4.2Na.2H/c1-16-18(28-3-6-32)25(42-17(19(16)33)15-41-13-14-45)43-22-20(34)21(35)26(37-2)44-23(22)24(36)29-4-7-38-9-11-40-12-10-39-8-5-30-31-27;1-8-10(19-3-4-20)17(28-9(11(8)21)7-27-5-6-31)29-14-12(22)13(23)18(26-2)30-15(14)16(24)25;1-6-8(17-3-4-18)15(26-7(5-19)9(6)20)27-12-10(21)11(22)16(25-2)28-13(12)14(23)24;9-1-3-13-5-7-15-8-6-14-4-2-11-12-10;1-2-3-1;;;;;/h6,16-23,25-26,28,33-35,45H,3-5,7-15H2,1-2H3,(H,29,36);4,8-15,17-19,21-23,31H,3,5-7H2,1-2H3,(H,24,25);4,6-13,15-17,19-22H,3,5H2,1-2H3,(H,23,24);1-9H2;1-2H2;1H4;;;;/q;;;;;;2*+1;2*-1. The Morgan fingerprint density at radius 1 is 0.464 bits per heavy atom.